The van der Waals surface area contributed by atoms with Crippen LogP contribution in [-0.2, 0) is 5.54 Å². The summed E-state index contributed by atoms with van der Waals surface area (Å²) in [5.41, 5.74) is 13.8. The molecule has 1 aliphatic carbocycles. The van der Waals surface area contributed by atoms with Gasteiger partial charge in [-0.25, -0.2) is 0 Å². The quantitative estimate of drug-likeness (QED) is 0.268. The molecule has 2 aromatic heterocycles. The number of hydrogen-bond donors (Lipinski definition) is 1. The molecule has 1 atom stereocenters. The van der Waals surface area contributed by atoms with Gasteiger partial charge in [-0.2, -0.15) is 0 Å². The third-order valence-electron chi connectivity index (χ3n) is 7.31. The first kappa shape index (κ1) is 19.9. The van der Waals surface area contributed by atoms with E-state index >= 15 is 0 Å². The van der Waals surface area contributed by atoms with Gasteiger partial charge >= 0.3 is 0 Å². The molecule has 3 heteroatoms. The van der Waals surface area contributed by atoms with Crippen molar-refractivity contribution in [3.8, 4) is 5.69 Å². The van der Waals surface area contributed by atoms with Crippen molar-refractivity contribution in [3.05, 3.63) is 120 Å². The van der Waals surface area contributed by atoms with Crippen molar-refractivity contribution in [1.82, 2.24) is 9.13 Å². The van der Waals surface area contributed by atoms with E-state index < -0.39 is 0 Å². The number of fused-ring (bicyclic) bond motifs is 6. The summed E-state index contributed by atoms with van der Waals surface area (Å²) in [7, 11) is 0. The van der Waals surface area contributed by atoms with Crippen molar-refractivity contribution in [2.24, 2.45) is 0 Å². The number of para-hydroxylation sites is 3. The molecular weight excluding hydrogens is 426 g/mol. The van der Waals surface area contributed by atoms with E-state index in [1.54, 1.807) is 0 Å². The Hall–Kier alpha value is -4.50. The minimum absolute atomic E-state index is 0.351. The van der Waals surface area contributed by atoms with Crippen LogP contribution in [0.25, 0.3) is 50.5 Å². The Morgan fingerprint density at radius 3 is 1.97 bits per heavy atom. The van der Waals surface area contributed by atoms with Gasteiger partial charge in [-0.05, 0) is 55.5 Å². The normalized spacial score (nSPS) is 17.3. The Kier molecular flexibility index (Phi) is 4.13. The first-order valence-corrected chi connectivity index (χ1v) is 12.0. The second-order valence-corrected chi connectivity index (χ2v) is 9.51. The van der Waals surface area contributed by atoms with Crippen LogP contribution in [0.2, 0.25) is 0 Å². The van der Waals surface area contributed by atoms with E-state index in [1.165, 1.54) is 27.4 Å². The van der Waals surface area contributed by atoms with Crippen LogP contribution in [0.4, 0.5) is 5.69 Å². The lowest BCUT2D eigenvalue weighted by Crippen LogP contribution is -2.24. The number of rotatable bonds is 2. The van der Waals surface area contributed by atoms with Crippen LogP contribution in [0.5, 0.6) is 0 Å². The third-order valence-corrected chi connectivity index (χ3v) is 7.31. The Bertz CT molecular complexity index is 1760. The number of nitrogens with zero attached hydrogens (tertiary/aromatic N) is 2. The van der Waals surface area contributed by atoms with Crippen LogP contribution in [0, 0.1) is 0 Å². The van der Waals surface area contributed by atoms with E-state index in [1.807, 2.05) is 6.07 Å². The lowest BCUT2D eigenvalue weighted by molar-refractivity contribution is 0.555. The lowest BCUT2D eigenvalue weighted by atomic mass is 10.00. The van der Waals surface area contributed by atoms with Crippen molar-refractivity contribution in [1.29, 1.82) is 0 Å². The molecule has 168 valence electrons. The molecule has 0 spiro atoms. The summed E-state index contributed by atoms with van der Waals surface area (Å²) in [4.78, 5) is 0. The highest BCUT2D eigenvalue weighted by Crippen LogP contribution is 2.40. The van der Waals surface area contributed by atoms with Gasteiger partial charge in [0.15, 0.2) is 0 Å². The van der Waals surface area contributed by atoms with Gasteiger partial charge in [0.25, 0.3) is 0 Å². The summed E-state index contributed by atoms with van der Waals surface area (Å²) in [6.07, 6.45) is 9.21. The van der Waals surface area contributed by atoms with E-state index in [-0.39, 0.29) is 5.54 Å². The fourth-order valence-electron chi connectivity index (χ4n) is 5.69. The Balaban J connectivity index is 1.52. The van der Waals surface area contributed by atoms with Gasteiger partial charge in [0.2, 0.25) is 0 Å². The smallest absolute Gasteiger partial charge is 0.0796 e. The molecule has 2 heterocycles. The zero-order chi connectivity index (χ0) is 23.6. The second kappa shape index (κ2) is 7.25. The summed E-state index contributed by atoms with van der Waals surface area (Å²) in [6.45, 7) is 2.29. The van der Waals surface area contributed by atoms with Crippen molar-refractivity contribution in [2.75, 3.05) is 5.73 Å². The van der Waals surface area contributed by atoms with Crippen molar-refractivity contribution >= 4 is 50.5 Å². The third kappa shape index (κ3) is 2.85. The molecule has 6 aromatic rings. The molecule has 7 rings (SSSR count). The molecule has 0 radical (unpaired) electrons. The first-order valence-electron chi connectivity index (χ1n) is 12.0. The highest BCUT2D eigenvalue weighted by molar-refractivity contribution is 6.08. The van der Waals surface area contributed by atoms with E-state index in [9.17, 15) is 0 Å². The minimum atomic E-state index is -0.351. The fraction of sp³-hybridized carbons (Fsp3) is 0.0625. The van der Waals surface area contributed by atoms with Gasteiger partial charge in [-0.15, -0.1) is 0 Å². The van der Waals surface area contributed by atoms with Gasteiger partial charge in [0.05, 0.1) is 27.8 Å². The fourth-order valence-corrected chi connectivity index (χ4v) is 5.69. The highest BCUT2D eigenvalue weighted by atomic mass is 15.1. The maximum absolute atomic E-state index is 6.24. The number of allylic oxidation sites excluding steroid dienone is 2. The van der Waals surface area contributed by atoms with Crippen LogP contribution < -0.4 is 5.73 Å². The maximum atomic E-state index is 6.24. The van der Waals surface area contributed by atoms with E-state index in [0.29, 0.717) is 0 Å². The van der Waals surface area contributed by atoms with Gasteiger partial charge in [0.1, 0.15) is 0 Å². The molecule has 0 saturated heterocycles. The van der Waals surface area contributed by atoms with Gasteiger partial charge in [0, 0.05) is 33.1 Å². The number of nitrogen functional groups attached to an aromatic ring is 1. The van der Waals surface area contributed by atoms with E-state index in [4.69, 9.17) is 5.73 Å². The number of anilines is 1. The average Bonchev–Trinajstić information content (AvgIpc) is 3.33. The summed E-state index contributed by atoms with van der Waals surface area (Å²) in [5, 5.41) is 3.72. The zero-order valence-corrected chi connectivity index (χ0v) is 19.5. The molecule has 0 bridgehead atoms. The summed E-state index contributed by atoms with van der Waals surface area (Å²) in [5.74, 6) is 0. The van der Waals surface area contributed by atoms with Crippen molar-refractivity contribution in [3.63, 3.8) is 0 Å². The monoisotopic (exact) mass is 451 g/mol. The standard InChI is InChI=1S/C32H25N3/c1-32(35-30-13-7-5-11-24(30)25-12-6-8-14-31(25)35)19-17-26-27-21-22(33)15-16-28(27)34(29(26)18-20-32)23-9-3-2-4-10-23/h2-21H,33H2,1H3. The lowest BCUT2D eigenvalue weighted by Gasteiger charge is -2.27. The van der Waals surface area contributed by atoms with Crippen LogP contribution in [0.15, 0.2) is 109 Å². The molecule has 1 aliphatic rings. The Morgan fingerprint density at radius 2 is 1.26 bits per heavy atom. The Labute approximate surface area is 204 Å². The molecule has 1 unspecified atom stereocenters. The Morgan fingerprint density at radius 1 is 0.629 bits per heavy atom. The summed E-state index contributed by atoms with van der Waals surface area (Å²) in [6, 6.07) is 34.1. The molecule has 0 saturated carbocycles. The topological polar surface area (TPSA) is 35.9 Å². The first-order chi connectivity index (χ1) is 17.1. The molecule has 2 N–H and O–H groups in total. The molecule has 35 heavy (non-hydrogen) atoms. The molecule has 0 amide bonds. The van der Waals surface area contributed by atoms with Gasteiger partial charge < -0.3 is 14.9 Å². The van der Waals surface area contributed by atoms with Crippen molar-refractivity contribution in [2.45, 2.75) is 12.5 Å². The largest absolute Gasteiger partial charge is 0.399 e. The molecule has 3 nitrogen and oxygen atoms in total. The second-order valence-electron chi connectivity index (χ2n) is 9.51. The van der Waals surface area contributed by atoms with Crippen molar-refractivity contribution < 1.29 is 0 Å². The van der Waals surface area contributed by atoms with Gasteiger partial charge in [-0.3, -0.25) is 0 Å². The van der Waals surface area contributed by atoms with Crippen LogP contribution >= 0.6 is 0 Å². The molecular formula is C32H25N3. The van der Waals surface area contributed by atoms with Crippen LogP contribution in [0.3, 0.4) is 0 Å². The van der Waals surface area contributed by atoms with Crippen LogP contribution in [0.1, 0.15) is 18.2 Å². The predicted molar refractivity (Wildman–Crippen MR) is 149 cm³/mol. The predicted octanol–water partition coefficient (Wildman–Crippen LogP) is 7.78. The minimum Gasteiger partial charge on any atom is -0.399 e. The SMILES string of the molecule is CC1(n2c3ccccc3c3ccccc32)C=Cc2c(n(-c3ccccc3)c3ccc(N)cc23)C=C1. The number of aromatic nitrogens is 2. The van der Waals surface area contributed by atoms with Gasteiger partial charge in [-0.1, -0.05) is 72.8 Å². The van der Waals surface area contributed by atoms with Crippen LogP contribution in [-0.4, -0.2) is 9.13 Å². The molecule has 0 fully saturated rings. The highest BCUT2D eigenvalue weighted by Gasteiger charge is 2.28. The maximum Gasteiger partial charge on any atom is 0.0796 e. The summed E-state index contributed by atoms with van der Waals surface area (Å²) < 4.78 is 4.79. The van der Waals surface area contributed by atoms with E-state index in [2.05, 4.69) is 131 Å². The average molecular weight is 452 g/mol. The number of benzene rings is 4. The number of nitrogens with two attached hydrogens (primary N) is 1. The van der Waals surface area contributed by atoms with E-state index in [0.717, 1.165) is 28.0 Å². The molecule has 0 aliphatic heterocycles. The summed E-state index contributed by atoms with van der Waals surface area (Å²) >= 11 is 0. The number of hydrogen-bond acceptors (Lipinski definition) is 1. The zero-order valence-electron chi connectivity index (χ0n) is 19.5. The molecule has 4 aromatic carbocycles.